The van der Waals surface area contributed by atoms with E-state index in [0.29, 0.717) is 27.8 Å². The molecule has 0 bridgehead atoms. The van der Waals surface area contributed by atoms with Crippen LogP contribution in [-0.4, -0.2) is 104 Å². The molecular formula is C46H45NO14S. The molecule has 6 fully saturated rings. The van der Waals surface area contributed by atoms with Crippen LogP contribution in [0.1, 0.15) is 49.2 Å². The summed E-state index contributed by atoms with van der Waals surface area (Å²) >= 11 is 0. The summed E-state index contributed by atoms with van der Waals surface area (Å²) in [7, 11) is -1.35. The van der Waals surface area contributed by atoms with Gasteiger partial charge in [0.15, 0.2) is 23.6 Å². The molecule has 62 heavy (non-hydrogen) atoms. The molecule has 4 aliphatic heterocycles. The number of esters is 3. The summed E-state index contributed by atoms with van der Waals surface area (Å²) in [5.41, 5.74) is -8.58. The molecule has 2 saturated carbocycles. The second-order valence-electron chi connectivity index (χ2n) is 18.5. The normalized spacial score (nSPS) is 36.5. The van der Waals surface area contributed by atoms with Crippen LogP contribution >= 0.6 is 0 Å². The van der Waals surface area contributed by atoms with Gasteiger partial charge < -0.3 is 38.8 Å². The van der Waals surface area contributed by atoms with Gasteiger partial charge in [0.1, 0.15) is 17.1 Å². The molecule has 4 saturated heterocycles. The fourth-order valence-corrected chi connectivity index (χ4v) is 13.6. The SMILES string of the molecule is C[C@@H]1C(=O)OC2[C@H](OS(=O)(=O)c3cccc4c(N(C)C)cccc34)C34C5OC(=O)C3(OC3OC(=O)[C@H](OCc6ccc(C(=O)c7ccccc7)cc6)C34[C@H](C(C)(C)C)[C@H]5O)[C@]21O. The average molecular weight is 868 g/mol. The highest BCUT2D eigenvalue weighted by Gasteiger charge is 3.06. The first-order valence-corrected chi connectivity index (χ1v) is 21.8. The summed E-state index contributed by atoms with van der Waals surface area (Å²) in [4.78, 5) is 57.5. The van der Waals surface area contributed by atoms with Crippen LogP contribution in [-0.2, 0) is 59.0 Å². The van der Waals surface area contributed by atoms with Crippen LogP contribution in [0.5, 0.6) is 0 Å². The predicted octanol–water partition coefficient (Wildman–Crippen LogP) is 3.69. The van der Waals surface area contributed by atoms with Crippen molar-refractivity contribution in [1.29, 1.82) is 0 Å². The van der Waals surface area contributed by atoms with Crippen LogP contribution in [0.2, 0.25) is 0 Å². The Morgan fingerprint density at radius 2 is 1.48 bits per heavy atom. The Kier molecular flexibility index (Phi) is 8.66. The van der Waals surface area contributed by atoms with Gasteiger partial charge in [-0.1, -0.05) is 99.6 Å². The van der Waals surface area contributed by atoms with Crippen LogP contribution in [0.4, 0.5) is 5.69 Å². The second-order valence-corrected chi connectivity index (χ2v) is 20.1. The summed E-state index contributed by atoms with van der Waals surface area (Å²) in [6, 6.07) is 25.1. The van der Waals surface area contributed by atoms with Gasteiger partial charge in [-0.3, -0.25) is 13.8 Å². The van der Waals surface area contributed by atoms with E-state index in [1.54, 1.807) is 93.6 Å². The number of nitrogens with zero attached hydrogens (tertiary/aromatic N) is 1. The highest BCUT2D eigenvalue weighted by molar-refractivity contribution is 7.87. The molecule has 4 aromatic rings. The number of ketones is 1. The quantitative estimate of drug-likeness (QED) is 0.107. The molecule has 4 aromatic carbocycles. The van der Waals surface area contributed by atoms with Crippen molar-refractivity contribution in [2.75, 3.05) is 19.0 Å². The lowest BCUT2D eigenvalue weighted by Gasteiger charge is -2.48. The van der Waals surface area contributed by atoms with E-state index in [0.717, 1.165) is 0 Å². The minimum atomic E-state index is -4.97. The molecule has 15 nitrogen and oxygen atoms in total. The molecule has 2 aliphatic carbocycles. The first kappa shape index (κ1) is 40.8. The minimum Gasteiger partial charge on any atom is -0.456 e. The first-order chi connectivity index (χ1) is 29.3. The van der Waals surface area contributed by atoms with Gasteiger partial charge in [-0.25, -0.2) is 9.59 Å². The zero-order valence-corrected chi connectivity index (χ0v) is 35.5. The number of anilines is 1. The third-order valence-corrected chi connectivity index (χ3v) is 15.8. The number of rotatable bonds is 9. The zero-order chi connectivity index (χ0) is 44.1. The molecular weight excluding hydrogens is 823 g/mol. The van der Waals surface area contributed by atoms with Crippen molar-refractivity contribution in [3.8, 4) is 0 Å². The minimum absolute atomic E-state index is 0.204. The Morgan fingerprint density at radius 3 is 2.16 bits per heavy atom. The number of carbonyl (C=O) groups excluding carboxylic acids is 4. The van der Waals surface area contributed by atoms with E-state index in [1.807, 2.05) is 31.1 Å². The first-order valence-electron chi connectivity index (χ1n) is 20.4. The maximum Gasteiger partial charge on any atom is 0.343 e. The van der Waals surface area contributed by atoms with Crippen molar-refractivity contribution in [2.24, 2.45) is 28.1 Å². The van der Waals surface area contributed by atoms with Crippen LogP contribution in [0.25, 0.3) is 10.8 Å². The summed E-state index contributed by atoms with van der Waals surface area (Å²) in [6.07, 6.45) is -10.7. The van der Waals surface area contributed by atoms with Gasteiger partial charge in [-0.15, -0.1) is 0 Å². The van der Waals surface area contributed by atoms with E-state index < -0.39 is 104 Å². The molecule has 16 heteroatoms. The Labute approximate surface area is 356 Å². The third-order valence-electron chi connectivity index (χ3n) is 14.4. The maximum atomic E-state index is 15.1. The Balaban J connectivity index is 1.15. The molecule has 12 atom stereocenters. The summed E-state index contributed by atoms with van der Waals surface area (Å²) in [6.45, 7) is 6.40. The molecule has 2 spiro atoms. The highest BCUT2D eigenvalue weighted by Crippen LogP contribution is 2.85. The van der Waals surface area contributed by atoms with Crippen molar-refractivity contribution in [1.82, 2.24) is 0 Å². The monoisotopic (exact) mass is 867 g/mol. The van der Waals surface area contributed by atoms with E-state index in [1.165, 1.54) is 13.0 Å². The number of aliphatic hydroxyl groups is 2. The summed E-state index contributed by atoms with van der Waals surface area (Å²) in [5, 5.41) is 26.6. The number of ether oxygens (including phenoxy) is 5. The van der Waals surface area contributed by atoms with Crippen molar-refractivity contribution < 1.29 is 65.7 Å². The van der Waals surface area contributed by atoms with Crippen LogP contribution in [0, 0.1) is 28.1 Å². The fraction of sp³-hybridized carbons (Fsp3) is 0.435. The van der Waals surface area contributed by atoms with Gasteiger partial charge in [0.05, 0.1) is 29.5 Å². The van der Waals surface area contributed by atoms with Gasteiger partial charge in [-0.05, 0) is 30.0 Å². The van der Waals surface area contributed by atoms with E-state index in [9.17, 15) is 29.4 Å². The Morgan fingerprint density at radius 1 is 0.823 bits per heavy atom. The van der Waals surface area contributed by atoms with Gasteiger partial charge in [0, 0.05) is 47.6 Å². The second kappa shape index (κ2) is 13.2. The largest absolute Gasteiger partial charge is 0.456 e. The smallest absolute Gasteiger partial charge is 0.343 e. The molecule has 0 amide bonds. The van der Waals surface area contributed by atoms with Crippen molar-refractivity contribution in [3.05, 3.63) is 108 Å². The molecule has 6 unspecified atom stereocenters. The Hall–Kier alpha value is -5.23. The van der Waals surface area contributed by atoms with E-state index in [2.05, 4.69) is 0 Å². The van der Waals surface area contributed by atoms with Crippen LogP contribution in [0.3, 0.4) is 0 Å². The van der Waals surface area contributed by atoms with Gasteiger partial charge >= 0.3 is 17.9 Å². The van der Waals surface area contributed by atoms with E-state index >= 15 is 8.42 Å². The predicted molar refractivity (Wildman–Crippen MR) is 217 cm³/mol. The molecule has 6 aliphatic rings. The molecule has 4 heterocycles. The lowest BCUT2D eigenvalue weighted by atomic mass is 9.51. The molecule has 0 radical (unpaired) electrons. The summed E-state index contributed by atoms with van der Waals surface area (Å²) in [5.74, 6) is -5.99. The molecule has 324 valence electrons. The number of hydrogen-bond donors (Lipinski definition) is 2. The average Bonchev–Trinajstić information content (AvgIpc) is 3.94. The zero-order valence-electron chi connectivity index (χ0n) is 34.6. The lowest BCUT2D eigenvalue weighted by Crippen LogP contribution is -2.67. The van der Waals surface area contributed by atoms with E-state index in [4.69, 9.17) is 27.9 Å². The number of hydrogen-bond acceptors (Lipinski definition) is 15. The van der Waals surface area contributed by atoms with Gasteiger partial charge in [0.2, 0.25) is 11.9 Å². The van der Waals surface area contributed by atoms with Crippen molar-refractivity contribution >= 4 is 50.3 Å². The third kappa shape index (κ3) is 4.74. The van der Waals surface area contributed by atoms with Gasteiger partial charge in [0.25, 0.3) is 10.1 Å². The highest BCUT2D eigenvalue weighted by atomic mass is 32.2. The standard InChI is InChI=1S/C46H45NO14S/c1-23-38(50)57-36-35(61-62(54,55)30-17-11-14-27-28(30)15-10-16-29(27)47(5)6)44-34-32(49)33(42(2,3)4)43(44)37(39(51)59-41(43)60-46(44,40(52)58-34)45(23,36)53)56-22-24-18-20-26(21-19-24)31(48)25-12-8-7-9-13-25/h7-21,23,32-37,41,49,53H,22H2,1-6H3/t23-,32-,33+,34?,35+,36?,37+,41?,43?,44?,45-,46?/m1/s1. The molecule has 0 aromatic heterocycles. The van der Waals surface area contributed by atoms with Crippen LogP contribution in [0.15, 0.2) is 95.9 Å². The number of benzene rings is 4. The Bertz CT molecular complexity index is 2700. The molecule has 2 N–H and O–H groups in total. The lowest BCUT2D eigenvalue weighted by molar-refractivity contribution is -0.240. The maximum absolute atomic E-state index is 15.1. The number of fused-ring (bicyclic) bond motifs is 2. The summed E-state index contributed by atoms with van der Waals surface area (Å²) < 4.78 is 67.7. The van der Waals surface area contributed by atoms with Gasteiger partial charge in [-0.2, -0.15) is 8.42 Å². The molecule has 10 rings (SSSR count). The number of aliphatic hydroxyl groups excluding tert-OH is 1. The van der Waals surface area contributed by atoms with Crippen LogP contribution < -0.4 is 4.90 Å². The number of carbonyl (C=O) groups is 4. The fourth-order valence-electron chi connectivity index (χ4n) is 12.3. The topological polar surface area (TPSA) is 201 Å². The van der Waals surface area contributed by atoms with E-state index in [-0.39, 0.29) is 22.7 Å². The van der Waals surface area contributed by atoms with Crippen molar-refractivity contribution in [3.63, 3.8) is 0 Å². The van der Waals surface area contributed by atoms with Crippen molar-refractivity contribution in [2.45, 2.75) is 87.2 Å².